The number of hydrogen-bond acceptors (Lipinski definition) is 3. The zero-order chi connectivity index (χ0) is 17.0. The van der Waals surface area contributed by atoms with Gasteiger partial charge >= 0.3 is 0 Å². The lowest BCUT2D eigenvalue weighted by Crippen LogP contribution is -2.41. The molecule has 0 rings (SSSR count). The van der Waals surface area contributed by atoms with Gasteiger partial charge in [0, 0.05) is 39.2 Å². The molecule has 0 aliphatic carbocycles. The highest BCUT2D eigenvalue weighted by atomic mass is 16.5. The van der Waals surface area contributed by atoms with Gasteiger partial charge in [-0.2, -0.15) is 0 Å². The second-order valence-corrected chi connectivity index (χ2v) is 5.92. The predicted octanol–water partition coefficient (Wildman–Crippen LogP) is 1.52. The normalized spacial score (nSPS) is 13.4. The van der Waals surface area contributed by atoms with Crippen LogP contribution in [-0.4, -0.2) is 50.8 Å². The summed E-state index contributed by atoms with van der Waals surface area (Å²) >= 11 is 0. The van der Waals surface area contributed by atoms with Crippen LogP contribution in [0.3, 0.4) is 0 Å². The third-order valence-electron chi connectivity index (χ3n) is 3.16. The lowest BCUT2D eigenvalue weighted by Gasteiger charge is -2.21. The fourth-order valence-electron chi connectivity index (χ4n) is 2.07. The summed E-state index contributed by atoms with van der Waals surface area (Å²) in [6, 6.07) is 0.177. The molecule has 0 spiro atoms. The van der Waals surface area contributed by atoms with E-state index in [1.807, 2.05) is 20.8 Å². The molecule has 0 bridgehead atoms. The van der Waals surface area contributed by atoms with Gasteiger partial charge in [-0.05, 0) is 33.1 Å². The highest BCUT2D eigenvalue weighted by Crippen LogP contribution is 2.09. The van der Waals surface area contributed by atoms with Gasteiger partial charge in [-0.1, -0.05) is 13.8 Å². The standard InChI is InChI=1S/C16H34N4O2/c1-7-22-14(12(2)3)8-10-18-16(17-6)19-11-9-15(21)20-13(4)5/h12-14H,7-11H2,1-6H3,(H,20,21)(H2,17,18,19). The monoisotopic (exact) mass is 314 g/mol. The minimum atomic E-state index is 0.0502. The maximum Gasteiger partial charge on any atom is 0.221 e. The predicted molar refractivity (Wildman–Crippen MR) is 92.1 cm³/mol. The van der Waals surface area contributed by atoms with E-state index in [2.05, 4.69) is 34.8 Å². The summed E-state index contributed by atoms with van der Waals surface area (Å²) in [5.41, 5.74) is 0. The second-order valence-electron chi connectivity index (χ2n) is 5.92. The van der Waals surface area contributed by atoms with Crippen LogP contribution >= 0.6 is 0 Å². The molecule has 3 N–H and O–H groups in total. The molecule has 0 heterocycles. The van der Waals surface area contributed by atoms with Gasteiger partial charge in [0.1, 0.15) is 0 Å². The first-order valence-electron chi connectivity index (χ1n) is 8.26. The molecular weight excluding hydrogens is 280 g/mol. The van der Waals surface area contributed by atoms with E-state index < -0.39 is 0 Å². The number of rotatable bonds is 10. The first kappa shape index (κ1) is 20.7. The Balaban J connectivity index is 3.95. The van der Waals surface area contributed by atoms with Crippen molar-refractivity contribution >= 4 is 11.9 Å². The molecule has 1 amide bonds. The molecule has 1 unspecified atom stereocenters. The van der Waals surface area contributed by atoms with Crippen LogP contribution in [0.15, 0.2) is 4.99 Å². The maximum absolute atomic E-state index is 11.5. The van der Waals surface area contributed by atoms with Gasteiger partial charge in [0.15, 0.2) is 5.96 Å². The van der Waals surface area contributed by atoms with Gasteiger partial charge in [-0.15, -0.1) is 0 Å². The first-order chi connectivity index (χ1) is 10.4. The maximum atomic E-state index is 11.5. The fraction of sp³-hybridized carbons (Fsp3) is 0.875. The average Bonchev–Trinajstić information content (AvgIpc) is 2.43. The third-order valence-corrected chi connectivity index (χ3v) is 3.16. The van der Waals surface area contributed by atoms with Gasteiger partial charge in [0.05, 0.1) is 6.10 Å². The van der Waals surface area contributed by atoms with Gasteiger partial charge in [0.2, 0.25) is 5.91 Å². The Hall–Kier alpha value is -1.30. The van der Waals surface area contributed by atoms with Crippen LogP contribution < -0.4 is 16.0 Å². The van der Waals surface area contributed by atoms with Crippen molar-refractivity contribution in [3.05, 3.63) is 0 Å². The van der Waals surface area contributed by atoms with Crippen LogP contribution in [0.2, 0.25) is 0 Å². The van der Waals surface area contributed by atoms with E-state index in [1.165, 1.54) is 0 Å². The summed E-state index contributed by atoms with van der Waals surface area (Å²) in [6.45, 7) is 12.4. The Morgan fingerprint density at radius 1 is 1.14 bits per heavy atom. The van der Waals surface area contributed by atoms with Gasteiger partial charge < -0.3 is 20.7 Å². The highest BCUT2D eigenvalue weighted by molar-refractivity contribution is 5.81. The second kappa shape index (κ2) is 12.3. The molecule has 1 atom stereocenters. The van der Waals surface area contributed by atoms with Crippen LogP contribution in [0.25, 0.3) is 0 Å². The minimum absolute atomic E-state index is 0.0502. The van der Waals surface area contributed by atoms with Crippen LogP contribution in [0.1, 0.15) is 47.5 Å². The minimum Gasteiger partial charge on any atom is -0.378 e. The lowest BCUT2D eigenvalue weighted by molar-refractivity contribution is -0.121. The van der Waals surface area contributed by atoms with Crippen molar-refractivity contribution < 1.29 is 9.53 Å². The summed E-state index contributed by atoms with van der Waals surface area (Å²) < 4.78 is 5.72. The number of hydrogen-bond donors (Lipinski definition) is 3. The van der Waals surface area contributed by atoms with Crippen molar-refractivity contribution in [1.29, 1.82) is 0 Å². The molecule has 6 heteroatoms. The van der Waals surface area contributed by atoms with Crippen LogP contribution in [0.4, 0.5) is 0 Å². The number of aliphatic imine (C=N–C) groups is 1. The van der Waals surface area contributed by atoms with E-state index in [4.69, 9.17) is 4.74 Å². The molecule has 0 fully saturated rings. The molecular formula is C16H34N4O2. The Labute approximate surface area is 135 Å². The molecule has 0 aromatic rings. The van der Waals surface area contributed by atoms with E-state index in [0.717, 1.165) is 25.5 Å². The summed E-state index contributed by atoms with van der Waals surface area (Å²) in [7, 11) is 1.73. The topological polar surface area (TPSA) is 74.8 Å². The van der Waals surface area contributed by atoms with E-state index in [9.17, 15) is 4.79 Å². The van der Waals surface area contributed by atoms with E-state index in [-0.39, 0.29) is 18.1 Å². The van der Waals surface area contributed by atoms with Crippen molar-refractivity contribution in [3.63, 3.8) is 0 Å². The number of nitrogens with zero attached hydrogens (tertiary/aromatic N) is 1. The Kier molecular flexibility index (Phi) is 11.5. The van der Waals surface area contributed by atoms with Crippen molar-refractivity contribution in [2.45, 2.75) is 59.6 Å². The van der Waals surface area contributed by atoms with Crippen LogP contribution in [-0.2, 0) is 9.53 Å². The van der Waals surface area contributed by atoms with Crippen molar-refractivity contribution in [2.24, 2.45) is 10.9 Å². The molecule has 0 aromatic carbocycles. The molecule has 0 radical (unpaired) electrons. The summed E-state index contributed by atoms with van der Waals surface area (Å²) in [6.07, 6.45) is 1.62. The smallest absolute Gasteiger partial charge is 0.221 e. The third kappa shape index (κ3) is 10.4. The van der Waals surface area contributed by atoms with Crippen LogP contribution in [0, 0.1) is 5.92 Å². The first-order valence-corrected chi connectivity index (χ1v) is 8.26. The zero-order valence-corrected chi connectivity index (χ0v) is 15.0. The van der Waals surface area contributed by atoms with Crippen molar-refractivity contribution in [3.8, 4) is 0 Å². The zero-order valence-electron chi connectivity index (χ0n) is 15.0. The Bertz CT molecular complexity index is 330. The summed E-state index contributed by atoms with van der Waals surface area (Å²) in [5.74, 6) is 1.27. The highest BCUT2D eigenvalue weighted by Gasteiger charge is 2.13. The van der Waals surface area contributed by atoms with Crippen LogP contribution in [0.5, 0.6) is 0 Å². The lowest BCUT2D eigenvalue weighted by atomic mass is 10.0. The quantitative estimate of drug-likeness (QED) is 0.422. The van der Waals surface area contributed by atoms with Crippen molar-refractivity contribution in [2.75, 3.05) is 26.7 Å². The molecule has 0 saturated carbocycles. The number of guanidine groups is 1. The summed E-state index contributed by atoms with van der Waals surface area (Å²) in [4.78, 5) is 15.7. The molecule has 22 heavy (non-hydrogen) atoms. The molecule has 130 valence electrons. The molecule has 0 aliphatic rings. The number of ether oxygens (including phenoxy) is 1. The van der Waals surface area contributed by atoms with E-state index in [0.29, 0.717) is 18.9 Å². The average molecular weight is 314 g/mol. The number of carbonyl (C=O) groups excluding carboxylic acids is 1. The van der Waals surface area contributed by atoms with E-state index in [1.54, 1.807) is 7.05 Å². The number of carbonyl (C=O) groups is 1. The largest absolute Gasteiger partial charge is 0.378 e. The number of nitrogens with one attached hydrogen (secondary N) is 3. The van der Waals surface area contributed by atoms with Gasteiger partial charge in [0.25, 0.3) is 0 Å². The summed E-state index contributed by atoms with van der Waals surface area (Å²) in [5, 5.41) is 9.26. The fourth-order valence-corrected chi connectivity index (χ4v) is 2.07. The van der Waals surface area contributed by atoms with Gasteiger partial charge in [-0.3, -0.25) is 9.79 Å². The molecule has 0 aliphatic heterocycles. The Morgan fingerprint density at radius 2 is 1.77 bits per heavy atom. The van der Waals surface area contributed by atoms with Crippen molar-refractivity contribution in [1.82, 2.24) is 16.0 Å². The SMILES string of the molecule is CCOC(CCNC(=NC)NCCC(=O)NC(C)C)C(C)C. The van der Waals surface area contributed by atoms with E-state index >= 15 is 0 Å². The van der Waals surface area contributed by atoms with Gasteiger partial charge in [-0.25, -0.2) is 0 Å². The molecule has 0 saturated heterocycles. The molecule has 0 aromatic heterocycles. The molecule has 6 nitrogen and oxygen atoms in total. The Morgan fingerprint density at radius 3 is 2.27 bits per heavy atom. The number of amides is 1.